The SMILES string of the molecule is Cc1nc(C)c(C(=O)O)c(C)c1NC1CCN(c2c(F)cccc2C#N)CC1. The Bertz CT molecular complexity index is 960. The Balaban J connectivity index is 1.77. The number of pyridine rings is 1. The largest absolute Gasteiger partial charge is 0.478 e. The van der Waals surface area contributed by atoms with Crippen LogP contribution in [0.1, 0.15) is 45.7 Å². The number of hydrogen-bond donors (Lipinski definition) is 2. The molecule has 1 aromatic carbocycles. The van der Waals surface area contributed by atoms with Gasteiger partial charge in [0.15, 0.2) is 0 Å². The molecule has 6 nitrogen and oxygen atoms in total. The molecule has 2 N–H and O–H groups in total. The lowest BCUT2D eigenvalue weighted by Gasteiger charge is -2.35. The number of piperidine rings is 1. The van der Waals surface area contributed by atoms with Crippen molar-refractivity contribution in [2.24, 2.45) is 0 Å². The van der Waals surface area contributed by atoms with E-state index >= 15 is 0 Å². The molecule has 3 rings (SSSR count). The summed E-state index contributed by atoms with van der Waals surface area (Å²) in [5, 5.41) is 22.2. The van der Waals surface area contributed by atoms with Crippen molar-refractivity contribution in [2.45, 2.75) is 39.7 Å². The number of rotatable bonds is 4. The van der Waals surface area contributed by atoms with Gasteiger partial charge in [-0.15, -0.1) is 0 Å². The lowest BCUT2D eigenvalue weighted by atomic mass is 10.00. The zero-order valence-corrected chi connectivity index (χ0v) is 16.2. The Kier molecular flexibility index (Phi) is 5.50. The number of carbonyl (C=O) groups is 1. The summed E-state index contributed by atoms with van der Waals surface area (Å²) in [5.74, 6) is -1.37. The van der Waals surface area contributed by atoms with Crippen LogP contribution >= 0.6 is 0 Å². The number of anilines is 2. The van der Waals surface area contributed by atoms with Crippen molar-refractivity contribution in [3.63, 3.8) is 0 Å². The van der Waals surface area contributed by atoms with E-state index in [0.717, 1.165) is 24.2 Å². The van der Waals surface area contributed by atoms with Crippen LogP contribution in [0.25, 0.3) is 0 Å². The highest BCUT2D eigenvalue weighted by Crippen LogP contribution is 2.30. The summed E-state index contributed by atoms with van der Waals surface area (Å²) in [6, 6.07) is 6.73. The fraction of sp³-hybridized carbons (Fsp3) is 0.381. The number of nitrogens with zero attached hydrogens (tertiary/aromatic N) is 3. The molecule has 0 unspecified atom stereocenters. The first kappa shape index (κ1) is 19.6. The summed E-state index contributed by atoms with van der Waals surface area (Å²) in [6.07, 6.45) is 1.49. The van der Waals surface area contributed by atoms with Crippen molar-refractivity contribution in [1.29, 1.82) is 5.26 Å². The molecule has 0 amide bonds. The molecule has 0 saturated carbocycles. The molecular formula is C21H23FN4O2. The Labute approximate surface area is 163 Å². The number of aromatic carboxylic acids is 1. The van der Waals surface area contributed by atoms with E-state index in [9.17, 15) is 19.6 Å². The smallest absolute Gasteiger partial charge is 0.337 e. The van der Waals surface area contributed by atoms with Gasteiger partial charge in [-0.2, -0.15) is 5.26 Å². The molecule has 1 saturated heterocycles. The van der Waals surface area contributed by atoms with Gasteiger partial charge in [0.2, 0.25) is 0 Å². The average Bonchev–Trinajstić information content (AvgIpc) is 2.65. The maximum atomic E-state index is 14.3. The first-order chi connectivity index (χ1) is 13.3. The second-order valence-corrected chi connectivity index (χ2v) is 7.12. The molecule has 1 aliphatic rings. The Morgan fingerprint density at radius 2 is 1.96 bits per heavy atom. The lowest BCUT2D eigenvalue weighted by Crippen LogP contribution is -2.40. The van der Waals surface area contributed by atoms with Gasteiger partial charge < -0.3 is 15.3 Å². The minimum Gasteiger partial charge on any atom is -0.478 e. The van der Waals surface area contributed by atoms with Gasteiger partial charge in [-0.1, -0.05) is 6.07 Å². The molecule has 0 spiro atoms. The van der Waals surface area contributed by atoms with Gasteiger partial charge >= 0.3 is 5.97 Å². The van der Waals surface area contributed by atoms with Crippen LogP contribution < -0.4 is 10.2 Å². The number of aromatic nitrogens is 1. The number of para-hydroxylation sites is 1. The van der Waals surface area contributed by atoms with Crippen LogP contribution in [0.2, 0.25) is 0 Å². The predicted molar refractivity (Wildman–Crippen MR) is 105 cm³/mol. The van der Waals surface area contributed by atoms with Crippen molar-refractivity contribution in [3.05, 3.63) is 52.1 Å². The molecule has 7 heteroatoms. The summed E-state index contributed by atoms with van der Waals surface area (Å²) >= 11 is 0. The van der Waals surface area contributed by atoms with Gasteiger partial charge in [0, 0.05) is 19.1 Å². The summed E-state index contributed by atoms with van der Waals surface area (Å²) < 4.78 is 14.3. The molecule has 28 heavy (non-hydrogen) atoms. The summed E-state index contributed by atoms with van der Waals surface area (Å²) in [6.45, 7) is 6.57. The predicted octanol–water partition coefficient (Wildman–Crippen LogP) is 3.80. The van der Waals surface area contributed by atoms with Crippen molar-refractivity contribution >= 4 is 17.3 Å². The molecule has 0 bridgehead atoms. The van der Waals surface area contributed by atoms with E-state index in [1.807, 2.05) is 11.8 Å². The van der Waals surface area contributed by atoms with Gasteiger partial charge in [0.05, 0.1) is 33.9 Å². The minimum atomic E-state index is -0.982. The van der Waals surface area contributed by atoms with Gasteiger partial charge in [0.1, 0.15) is 11.9 Å². The highest BCUT2D eigenvalue weighted by atomic mass is 19.1. The number of nitriles is 1. The van der Waals surface area contributed by atoms with E-state index in [0.29, 0.717) is 35.6 Å². The molecule has 0 aliphatic carbocycles. The number of aryl methyl sites for hydroxylation is 2. The van der Waals surface area contributed by atoms with E-state index in [-0.39, 0.29) is 17.4 Å². The van der Waals surface area contributed by atoms with Gasteiger partial charge in [-0.25, -0.2) is 9.18 Å². The third-order valence-corrected chi connectivity index (χ3v) is 5.29. The van der Waals surface area contributed by atoms with Crippen LogP contribution in [-0.4, -0.2) is 35.2 Å². The summed E-state index contributed by atoms with van der Waals surface area (Å²) in [4.78, 5) is 17.8. The van der Waals surface area contributed by atoms with Crippen LogP contribution in [0, 0.1) is 37.9 Å². The quantitative estimate of drug-likeness (QED) is 0.836. The minimum absolute atomic E-state index is 0.122. The van der Waals surface area contributed by atoms with E-state index < -0.39 is 5.97 Å². The molecule has 2 aromatic rings. The summed E-state index contributed by atoms with van der Waals surface area (Å²) in [5.41, 5.74) is 3.64. The lowest BCUT2D eigenvalue weighted by molar-refractivity contribution is 0.0695. The molecule has 2 heterocycles. The van der Waals surface area contributed by atoms with Gasteiger partial charge in [-0.05, 0) is 51.3 Å². The number of carboxylic acids is 1. The van der Waals surface area contributed by atoms with Gasteiger partial charge in [-0.3, -0.25) is 4.98 Å². The Hall–Kier alpha value is -3.14. The fourth-order valence-electron chi connectivity index (χ4n) is 3.94. The maximum Gasteiger partial charge on any atom is 0.337 e. The van der Waals surface area contributed by atoms with Crippen LogP contribution in [0.3, 0.4) is 0 Å². The zero-order chi connectivity index (χ0) is 20.4. The third kappa shape index (κ3) is 3.63. The van der Waals surface area contributed by atoms with Crippen LogP contribution in [-0.2, 0) is 0 Å². The number of carboxylic acid groups (broad SMARTS) is 1. The standard InChI is InChI=1S/C21H23FN4O2/c1-12-18(21(27)28)13(2)24-14(3)19(12)25-16-7-9-26(10-8-16)20-15(11-23)5-4-6-17(20)22/h4-6,16,25H,7-10H2,1-3H3,(H,27,28). The maximum absolute atomic E-state index is 14.3. The molecule has 1 aromatic heterocycles. The first-order valence-corrected chi connectivity index (χ1v) is 9.24. The van der Waals surface area contributed by atoms with Crippen molar-refractivity contribution < 1.29 is 14.3 Å². The van der Waals surface area contributed by atoms with E-state index in [2.05, 4.69) is 16.4 Å². The third-order valence-electron chi connectivity index (χ3n) is 5.29. The highest BCUT2D eigenvalue weighted by molar-refractivity contribution is 5.92. The van der Waals surface area contributed by atoms with Crippen LogP contribution in [0.15, 0.2) is 18.2 Å². The second kappa shape index (κ2) is 7.85. The molecule has 0 radical (unpaired) electrons. The fourth-order valence-corrected chi connectivity index (χ4v) is 3.94. The van der Waals surface area contributed by atoms with Crippen LogP contribution in [0.5, 0.6) is 0 Å². The second-order valence-electron chi connectivity index (χ2n) is 7.12. The van der Waals surface area contributed by atoms with Crippen LogP contribution in [0.4, 0.5) is 15.8 Å². The number of nitrogens with one attached hydrogen (secondary N) is 1. The Morgan fingerprint density at radius 3 is 2.57 bits per heavy atom. The van der Waals surface area contributed by atoms with E-state index in [4.69, 9.17) is 0 Å². The average molecular weight is 382 g/mol. The van der Waals surface area contributed by atoms with E-state index in [1.165, 1.54) is 6.07 Å². The monoisotopic (exact) mass is 382 g/mol. The van der Waals surface area contributed by atoms with Crippen molar-refractivity contribution in [1.82, 2.24) is 4.98 Å². The molecule has 146 valence electrons. The summed E-state index contributed by atoms with van der Waals surface area (Å²) in [7, 11) is 0. The topological polar surface area (TPSA) is 89.2 Å². The highest BCUT2D eigenvalue weighted by Gasteiger charge is 2.25. The molecule has 1 aliphatic heterocycles. The number of benzene rings is 1. The van der Waals surface area contributed by atoms with Crippen molar-refractivity contribution in [2.75, 3.05) is 23.3 Å². The first-order valence-electron chi connectivity index (χ1n) is 9.24. The normalized spacial score (nSPS) is 14.6. The number of halogens is 1. The van der Waals surface area contributed by atoms with Crippen molar-refractivity contribution in [3.8, 4) is 6.07 Å². The number of hydrogen-bond acceptors (Lipinski definition) is 5. The molecular weight excluding hydrogens is 359 g/mol. The molecule has 1 fully saturated rings. The molecule has 0 atom stereocenters. The van der Waals surface area contributed by atoms with Gasteiger partial charge in [0.25, 0.3) is 0 Å². The zero-order valence-electron chi connectivity index (χ0n) is 16.2. The Morgan fingerprint density at radius 1 is 1.29 bits per heavy atom. The van der Waals surface area contributed by atoms with E-state index in [1.54, 1.807) is 26.0 Å².